The number of methoxy groups -OCH3 is 2. The Morgan fingerprint density at radius 2 is 0.875 bits per heavy atom. The molecule has 0 atom stereocenters. The molecular formula is C82H120F6O6S2. The minimum Gasteiger partial charge on any atom is -0.508 e. The third-order valence-electron chi connectivity index (χ3n) is 15.0. The van der Waals surface area contributed by atoms with Gasteiger partial charge in [-0.05, 0) is 195 Å². The fraction of sp³-hybridized carbons (Fsp3) is 0.488. The Balaban J connectivity index is 0. The van der Waals surface area contributed by atoms with E-state index in [-0.39, 0.29) is 30.4 Å². The van der Waals surface area contributed by atoms with Crippen LogP contribution in [0.2, 0.25) is 0 Å². The normalized spacial score (nSPS) is 11.2. The fourth-order valence-corrected chi connectivity index (χ4v) is 10.1. The highest BCUT2D eigenvalue weighted by Crippen LogP contribution is 2.34. The Morgan fingerprint density at radius 1 is 0.458 bits per heavy atom. The number of halogens is 6. The topological polar surface area (TPSA) is 82.1 Å². The number of hydrogen-bond donors (Lipinski definition) is 1. The van der Waals surface area contributed by atoms with E-state index in [1.807, 2.05) is 64.1 Å². The van der Waals surface area contributed by atoms with E-state index in [2.05, 4.69) is 214 Å². The lowest BCUT2D eigenvalue weighted by Gasteiger charge is -2.24. The lowest BCUT2D eigenvalue weighted by atomic mass is 9.80. The van der Waals surface area contributed by atoms with Crippen LogP contribution >= 0.6 is 11.8 Å². The molecule has 0 aromatic heterocycles. The monoisotopic (exact) mass is 1380 g/mol. The van der Waals surface area contributed by atoms with Gasteiger partial charge < -0.3 is 19.3 Å². The van der Waals surface area contributed by atoms with Crippen molar-refractivity contribution in [2.75, 3.05) is 20.5 Å². The lowest BCUT2D eigenvalue weighted by molar-refractivity contribution is -0.274. The Kier molecular flexibility index (Phi) is 43.9. The minimum absolute atomic E-state index is 0. The number of thioether (sulfide) groups is 1. The van der Waals surface area contributed by atoms with Gasteiger partial charge in [-0.1, -0.05) is 256 Å². The van der Waals surface area contributed by atoms with Crippen molar-refractivity contribution in [3.63, 3.8) is 0 Å². The Bertz CT molecular complexity index is 3200. The summed E-state index contributed by atoms with van der Waals surface area (Å²) in [7, 11) is -1.84. The molecule has 0 saturated heterocycles. The summed E-state index contributed by atoms with van der Waals surface area (Å²) in [5.41, 5.74) is 4.47. The number of ether oxygens (including phenoxy) is 3. The van der Waals surface area contributed by atoms with E-state index in [1.165, 1.54) is 69.8 Å². The molecule has 0 bridgehead atoms. The molecule has 0 heterocycles. The molecule has 96 heavy (non-hydrogen) atoms. The molecule has 0 spiro atoms. The zero-order chi connectivity index (χ0) is 73.0. The van der Waals surface area contributed by atoms with Gasteiger partial charge in [-0.2, -0.15) is 13.2 Å². The van der Waals surface area contributed by atoms with Crippen LogP contribution in [0.1, 0.15) is 246 Å². The quantitative estimate of drug-likeness (QED) is 0.0718. The molecule has 0 radical (unpaired) electrons. The van der Waals surface area contributed by atoms with E-state index >= 15 is 0 Å². The van der Waals surface area contributed by atoms with Gasteiger partial charge in [-0.25, -0.2) is 8.42 Å². The second-order valence-electron chi connectivity index (χ2n) is 27.0. The van der Waals surface area contributed by atoms with Crippen LogP contribution in [0.3, 0.4) is 0 Å². The highest BCUT2D eigenvalue weighted by Gasteiger charge is 2.46. The molecule has 6 nitrogen and oxygen atoms in total. The van der Waals surface area contributed by atoms with Crippen LogP contribution in [0.15, 0.2) is 180 Å². The van der Waals surface area contributed by atoms with Gasteiger partial charge in [0.15, 0.2) is 0 Å². The second-order valence-corrected chi connectivity index (χ2v) is 29.8. The first kappa shape index (κ1) is 91.7. The Morgan fingerprint density at radius 3 is 1.24 bits per heavy atom. The maximum atomic E-state index is 12.2. The van der Waals surface area contributed by atoms with Crippen LogP contribution in [-0.4, -0.2) is 45.9 Å². The van der Waals surface area contributed by atoms with Crippen molar-refractivity contribution in [2.45, 2.75) is 235 Å². The van der Waals surface area contributed by atoms with E-state index in [0.717, 1.165) is 64.5 Å². The predicted octanol–water partition coefficient (Wildman–Crippen LogP) is 26.4. The summed E-state index contributed by atoms with van der Waals surface area (Å²) >= 11 is 1.80. The molecule has 0 amide bonds. The van der Waals surface area contributed by atoms with Gasteiger partial charge >= 0.3 is 11.9 Å². The van der Waals surface area contributed by atoms with E-state index in [9.17, 15) is 39.9 Å². The molecule has 538 valence electrons. The summed E-state index contributed by atoms with van der Waals surface area (Å²) in [6.45, 7) is 45.1. The van der Waals surface area contributed by atoms with E-state index in [0.29, 0.717) is 29.4 Å². The fourth-order valence-electron chi connectivity index (χ4n) is 8.90. The van der Waals surface area contributed by atoms with Crippen molar-refractivity contribution < 1.29 is 54.1 Å². The van der Waals surface area contributed by atoms with Gasteiger partial charge in [0.1, 0.15) is 23.0 Å². The molecule has 0 aliphatic heterocycles. The number of alkyl halides is 6. The molecule has 7 aromatic rings. The van der Waals surface area contributed by atoms with E-state index in [1.54, 1.807) is 38.1 Å². The molecule has 1 N–H and O–H groups in total. The first-order valence-corrected chi connectivity index (χ1v) is 35.8. The average molecular weight is 1380 g/mol. The van der Waals surface area contributed by atoms with Gasteiger partial charge in [0.25, 0.3) is 9.84 Å². The van der Waals surface area contributed by atoms with Crippen molar-refractivity contribution in [3.05, 3.63) is 214 Å². The number of phenols is 1. The molecule has 0 unspecified atom stereocenters. The van der Waals surface area contributed by atoms with Crippen LogP contribution < -0.4 is 14.2 Å². The molecule has 0 aliphatic rings. The minimum atomic E-state index is -5.24. The van der Waals surface area contributed by atoms with E-state index < -0.39 is 26.6 Å². The molecule has 0 fully saturated rings. The van der Waals surface area contributed by atoms with Gasteiger partial charge in [0, 0.05) is 4.90 Å². The summed E-state index contributed by atoms with van der Waals surface area (Å²) < 4.78 is 108. The Hall–Kier alpha value is -6.38. The number of hydrogen-bond acceptors (Lipinski definition) is 7. The summed E-state index contributed by atoms with van der Waals surface area (Å²) in [6.07, 6.45) is 1.16. The molecule has 0 aliphatic carbocycles. The molecule has 7 aromatic carbocycles. The number of phenolic OH excluding ortho intramolecular Hbond substituents is 1. The van der Waals surface area contributed by atoms with Crippen LogP contribution in [0, 0.1) is 17.8 Å². The Labute approximate surface area is 582 Å². The maximum Gasteiger partial charge on any atom is 0.573 e. The molecular weight excluding hydrogens is 1260 g/mol. The zero-order valence-electron chi connectivity index (χ0n) is 61.6. The maximum absolute atomic E-state index is 12.2. The number of rotatable bonds is 17. The van der Waals surface area contributed by atoms with Gasteiger partial charge in [0.2, 0.25) is 0 Å². The van der Waals surface area contributed by atoms with Crippen molar-refractivity contribution in [3.8, 4) is 23.0 Å². The largest absolute Gasteiger partial charge is 0.573 e. The summed E-state index contributed by atoms with van der Waals surface area (Å²) in [4.78, 5) is 0.639. The summed E-state index contributed by atoms with van der Waals surface area (Å²) in [6, 6.07) is 52.5. The third kappa shape index (κ3) is 37.9. The van der Waals surface area contributed by atoms with Crippen molar-refractivity contribution in [1.82, 2.24) is 0 Å². The number of sulfone groups is 1. The van der Waals surface area contributed by atoms with Crippen LogP contribution in [0.4, 0.5) is 26.3 Å². The first-order valence-electron chi connectivity index (χ1n) is 33.1. The molecule has 7 rings (SSSR count). The van der Waals surface area contributed by atoms with Gasteiger partial charge in [0.05, 0.1) is 19.1 Å². The van der Waals surface area contributed by atoms with E-state index in [4.69, 9.17) is 9.47 Å². The average Bonchev–Trinajstić information content (AvgIpc) is 0.810. The predicted molar refractivity (Wildman–Crippen MR) is 399 cm³/mol. The number of benzene rings is 7. The van der Waals surface area contributed by atoms with Gasteiger partial charge in [-0.3, -0.25) is 0 Å². The lowest BCUT2D eigenvalue weighted by Crippen LogP contribution is -2.23. The van der Waals surface area contributed by atoms with Crippen LogP contribution in [0.5, 0.6) is 23.0 Å². The SMILES string of the molecule is C.CC(C)CC(C)C.CC(C)Cc1ccccc1.CC(C)c1ccc(S(=O)(=O)C(F)(F)F)cc1.CC(C)c1cccc(OC(F)(F)F)c1.CCC(C)(C)c1ccc(O)c(C(C)C)c1.COc1ccc(C(C)C)cc1.COc1cccc(C(C)C)c1.CSc1cccc(C(C)C)c1. The second kappa shape index (κ2) is 46.0. The third-order valence-corrected chi connectivity index (χ3v) is 17.2. The van der Waals surface area contributed by atoms with Crippen molar-refractivity contribution in [2.24, 2.45) is 17.8 Å². The standard InChI is InChI=1S/C14H22O.C10H11F3O2S.C10H11F3O.2C10H14O.C10H14S.C10H14.C7H16.CH4/c1-6-14(4,5)11-7-8-13(15)12(9-11)10(2)3;1-7(2)8-3-5-9(6-4-8)16(14,15)10(11,12)13;1-7(2)8-4-3-5-9(6-8)14-10(11,12)13;1-8(2)9-4-6-10(11-3)7-5-9;2*1-8(2)9-5-4-6-10(7-9)11-3;1-9(2)8-10-6-4-3-5-7-10;1-6(2)5-7(3)4;/h7-10,15H,6H2,1-5H3;3-7H,1-2H3;3-7H,1-2H3;3*4-8H,1-3H3;3-7,9H,8H2,1-2H3;6-7H,5H2,1-4H3;1H4. The smallest absolute Gasteiger partial charge is 0.508 e. The zero-order valence-corrected chi connectivity index (χ0v) is 63.2. The summed E-state index contributed by atoms with van der Waals surface area (Å²) in [5.74, 6) is 7.15. The highest BCUT2D eigenvalue weighted by atomic mass is 32.2. The molecule has 14 heteroatoms. The first-order chi connectivity index (χ1) is 44.0. The summed E-state index contributed by atoms with van der Waals surface area (Å²) in [5, 5.41) is 9.74. The highest BCUT2D eigenvalue weighted by molar-refractivity contribution is 7.98. The molecule has 0 saturated carbocycles. The van der Waals surface area contributed by atoms with Crippen LogP contribution in [-0.2, 0) is 21.7 Å². The van der Waals surface area contributed by atoms with Crippen molar-refractivity contribution >= 4 is 21.6 Å². The van der Waals surface area contributed by atoms with Gasteiger partial charge in [-0.15, -0.1) is 24.9 Å². The van der Waals surface area contributed by atoms with Crippen molar-refractivity contribution in [1.29, 1.82) is 0 Å². The van der Waals surface area contributed by atoms with Crippen LogP contribution in [0.25, 0.3) is 0 Å². The number of aromatic hydroxyl groups is 1.